The van der Waals surface area contributed by atoms with Crippen LogP contribution in [0.4, 0.5) is 0 Å². The molecular weight excluding hydrogens is 308 g/mol. The SMILES string of the molecule is CCN(CC)CCN(C)C(C)(C)CCN(C)CCCN(C)C(C)(C)C. The maximum absolute atomic E-state index is 2.53. The summed E-state index contributed by atoms with van der Waals surface area (Å²) in [6, 6.07) is 0. The van der Waals surface area contributed by atoms with E-state index in [1.807, 2.05) is 0 Å². The van der Waals surface area contributed by atoms with Gasteiger partial charge in [0.1, 0.15) is 0 Å². The standard InChI is InChI=1S/C21H48N4/c1-11-25(12-2)19-18-24(10)21(6,7)14-17-22(8)15-13-16-23(9)20(3,4)5/h11-19H2,1-10H3. The largest absolute Gasteiger partial charge is 0.306 e. The van der Waals surface area contributed by atoms with Gasteiger partial charge in [0.25, 0.3) is 0 Å². The van der Waals surface area contributed by atoms with E-state index in [0.717, 1.165) is 19.6 Å². The molecule has 0 aliphatic carbocycles. The van der Waals surface area contributed by atoms with Gasteiger partial charge in [0.2, 0.25) is 0 Å². The van der Waals surface area contributed by atoms with Crippen LogP contribution in [0.1, 0.15) is 61.3 Å². The first kappa shape index (κ1) is 24.8. The van der Waals surface area contributed by atoms with E-state index in [-0.39, 0.29) is 11.1 Å². The van der Waals surface area contributed by atoms with Gasteiger partial charge in [-0.25, -0.2) is 0 Å². The molecular formula is C21H48N4. The third-order valence-corrected chi connectivity index (χ3v) is 5.96. The number of nitrogens with zero attached hydrogens (tertiary/aromatic N) is 4. The molecule has 152 valence electrons. The molecule has 0 saturated carbocycles. The molecule has 0 saturated heterocycles. The fourth-order valence-corrected chi connectivity index (χ4v) is 2.81. The van der Waals surface area contributed by atoms with Gasteiger partial charge < -0.3 is 14.7 Å². The van der Waals surface area contributed by atoms with Crippen molar-refractivity contribution < 1.29 is 0 Å². The molecule has 0 spiro atoms. The first-order valence-corrected chi connectivity index (χ1v) is 10.3. The van der Waals surface area contributed by atoms with Gasteiger partial charge in [-0.05, 0) is 101 Å². The molecule has 0 radical (unpaired) electrons. The molecule has 0 heterocycles. The summed E-state index contributed by atoms with van der Waals surface area (Å²) >= 11 is 0. The van der Waals surface area contributed by atoms with Gasteiger partial charge in [0.05, 0.1) is 0 Å². The average molecular weight is 357 g/mol. The summed E-state index contributed by atoms with van der Waals surface area (Å²) in [5.74, 6) is 0. The molecule has 0 aliphatic heterocycles. The van der Waals surface area contributed by atoms with Crippen LogP contribution < -0.4 is 0 Å². The molecule has 0 aromatic carbocycles. The summed E-state index contributed by atoms with van der Waals surface area (Å²) in [5.41, 5.74) is 0.526. The van der Waals surface area contributed by atoms with Crippen LogP contribution >= 0.6 is 0 Å². The normalized spacial score (nSPS) is 13.7. The fraction of sp³-hybridized carbons (Fsp3) is 1.00. The van der Waals surface area contributed by atoms with Gasteiger partial charge in [-0.15, -0.1) is 0 Å². The third-order valence-electron chi connectivity index (χ3n) is 5.96. The Morgan fingerprint density at radius 2 is 1.20 bits per heavy atom. The second kappa shape index (κ2) is 11.5. The van der Waals surface area contributed by atoms with Gasteiger partial charge in [-0.3, -0.25) is 4.90 Å². The van der Waals surface area contributed by atoms with E-state index < -0.39 is 0 Å². The van der Waals surface area contributed by atoms with Crippen LogP contribution in [0.3, 0.4) is 0 Å². The maximum atomic E-state index is 2.53. The first-order chi connectivity index (χ1) is 11.4. The third kappa shape index (κ3) is 10.5. The topological polar surface area (TPSA) is 13.0 Å². The molecule has 0 amide bonds. The molecule has 0 fully saturated rings. The molecule has 0 aliphatic rings. The van der Waals surface area contributed by atoms with Crippen LogP contribution in [0.2, 0.25) is 0 Å². The van der Waals surface area contributed by atoms with E-state index in [1.165, 1.54) is 39.0 Å². The minimum Gasteiger partial charge on any atom is -0.306 e. The molecule has 0 bridgehead atoms. The molecule has 0 rings (SSSR count). The lowest BCUT2D eigenvalue weighted by atomic mass is 9.98. The molecule has 0 aromatic heterocycles. The highest BCUT2D eigenvalue weighted by Gasteiger charge is 2.24. The summed E-state index contributed by atoms with van der Waals surface area (Å²) in [4.78, 5) is 9.99. The van der Waals surface area contributed by atoms with Crippen molar-refractivity contribution >= 4 is 0 Å². The Kier molecular flexibility index (Phi) is 11.5. The van der Waals surface area contributed by atoms with Crippen molar-refractivity contribution in [3.05, 3.63) is 0 Å². The maximum Gasteiger partial charge on any atom is 0.0162 e. The van der Waals surface area contributed by atoms with Gasteiger partial charge in [0, 0.05) is 24.2 Å². The second-order valence-electron chi connectivity index (χ2n) is 9.26. The Morgan fingerprint density at radius 1 is 0.640 bits per heavy atom. The van der Waals surface area contributed by atoms with E-state index in [9.17, 15) is 0 Å². The predicted molar refractivity (Wildman–Crippen MR) is 114 cm³/mol. The van der Waals surface area contributed by atoms with E-state index in [1.54, 1.807) is 0 Å². The van der Waals surface area contributed by atoms with Crippen molar-refractivity contribution in [1.29, 1.82) is 0 Å². The molecule has 0 atom stereocenters. The first-order valence-electron chi connectivity index (χ1n) is 10.3. The lowest BCUT2D eigenvalue weighted by Crippen LogP contribution is -2.46. The van der Waals surface area contributed by atoms with Crippen molar-refractivity contribution in [1.82, 2.24) is 19.6 Å². The van der Waals surface area contributed by atoms with Crippen LogP contribution in [0, 0.1) is 0 Å². The van der Waals surface area contributed by atoms with E-state index >= 15 is 0 Å². The van der Waals surface area contributed by atoms with E-state index in [0.29, 0.717) is 0 Å². The van der Waals surface area contributed by atoms with Crippen LogP contribution in [0.15, 0.2) is 0 Å². The highest BCUT2D eigenvalue weighted by Crippen LogP contribution is 2.17. The summed E-state index contributed by atoms with van der Waals surface area (Å²) in [5, 5.41) is 0. The predicted octanol–water partition coefficient (Wildman–Crippen LogP) is 3.48. The van der Waals surface area contributed by atoms with Crippen molar-refractivity contribution in [3.63, 3.8) is 0 Å². The van der Waals surface area contributed by atoms with Gasteiger partial charge in [-0.1, -0.05) is 13.8 Å². The zero-order valence-electron chi connectivity index (χ0n) is 19.2. The molecule has 0 N–H and O–H groups in total. The van der Waals surface area contributed by atoms with Gasteiger partial charge >= 0.3 is 0 Å². The summed E-state index contributed by atoms with van der Waals surface area (Å²) in [6.45, 7) is 24.3. The monoisotopic (exact) mass is 356 g/mol. The number of hydrogen-bond acceptors (Lipinski definition) is 4. The van der Waals surface area contributed by atoms with Crippen LogP contribution in [0.5, 0.6) is 0 Å². The zero-order chi connectivity index (χ0) is 19.7. The minimum absolute atomic E-state index is 0.254. The Morgan fingerprint density at radius 3 is 1.68 bits per heavy atom. The van der Waals surface area contributed by atoms with Crippen molar-refractivity contribution in [2.45, 2.75) is 72.4 Å². The van der Waals surface area contributed by atoms with Crippen LogP contribution in [-0.2, 0) is 0 Å². The van der Waals surface area contributed by atoms with Gasteiger partial charge in [-0.2, -0.15) is 0 Å². The summed E-state index contributed by atoms with van der Waals surface area (Å²) < 4.78 is 0. The Hall–Kier alpha value is -0.160. The summed E-state index contributed by atoms with van der Waals surface area (Å²) in [6.07, 6.45) is 2.45. The van der Waals surface area contributed by atoms with Gasteiger partial charge in [0.15, 0.2) is 0 Å². The van der Waals surface area contributed by atoms with E-state index in [2.05, 4.69) is 89.2 Å². The Bertz CT molecular complexity index is 331. The lowest BCUT2D eigenvalue weighted by molar-refractivity contribution is 0.112. The smallest absolute Gasteiger partial charge is 0.0162 e. The quantitative estimate of drug-likeness (QED) is 0.501. The van der Waals surface area contributed by atoms with Crippen molar-refractivity contribution in [2.75, 3.05) is 67.0 Å². The summed E-state index contributed by atoms with van der Waals surface area (Å²) in [7, 11) is 6.78. The molecule has 4 heteroatoms. The van der Waals surface area contributed by atoms with E-state index in [4.69, 9.17) is 0 Å². The average Bonchev–Trinajstić information content (AvgIpc) is 2.52. The number of hydrogen-bond donors (Lipinski definition) is 0. The highest BCUT2D eigenvalue weighted by molar-refractivity contribution is 4.81. The molecule has 25 heavy (non-hydrogen) atoms. The minimum atomic E-state index is 0.254. The molecule has 4 nitrogen and oxygen atoms in total. The van der Waals surface area contributed by atoms with Crippen molar-refractivity contribution in [2.24, 2.45) is 0 Å². The molecule has 0 unspecified atom stereocenters. The Balaban J connectivity index is 4.13. The van der Waals surface area contributed by atoms with Crippen LogP contribution in [0.25, 0.3) is 0 Å². The fourth-order valence-electron chi connectivity index (χ4n) is 2.81. The zero-order valence-corrected chi connectivity index (χ0v) is 19.2. The van der Waals surface area contributed by atoms with Crippen molar-refractivity contribution in [3.8, 4) is 0 Å². The second-order valence-corrected chi connectivity index (χ2v) is 9.26. The molecule has 0 aromatic rings. The Labute approximate surface area is 159 Å². The van der Waals surface area contributed by atoms with Crippen LogP contribution in [-0.4, -0.2) is 97.6 Å². The number of likely N-dealkylation sites (N-methyl/N-ethyl adjacent to an activating group) is 2. The highest BCUT2D eigenvalue weighted by atomic mass is 15.2. The number of rotatable bonds is 13. The lowest BCUT2D eigenvalue weighted by Gasteiger charge is -2.38.